The first kappa shape index (κ1) is 13.8. The van der Waals surface area contributed by atoms with Gasteiger partial charge in [0.05, 0.1) is 0 Å². The number of nitrogens with two attached hydrogens (primary N) is 1. The zero-order valence-electron chi connectivity index (χ0n) is 10.4. The van der Waals surface area contributed by atoms with Crippen molar-refractivity contribution in [2.24, 2.45) is 10.9 Å². The third-order valence-corrected chi connectivity index (χ3v) is 2.69. The molecular formula is C14H12F2N2O2. The van der Waals surface area contributed by atoms with Gasteiger partial charge in [0.1, 0.15) is 12.4 Å². The summed E-state index contributed by atoms with van der Waals surface area (Å²) < 4.78 is 31.2. The van der Waals surface area contributed by atoms with E-state index in [1.54, 1.807) is 24.3 Å². The standard InChI is InChI=1S/C14H12F2N2O2/c15-12-6-5-10(7-13(12)16)20-8-9-3-1-2-4-11(9)14(17)18-19/h1-7,19H,8H2,(H2,17,18). The minimum atomic E-state index is -0.979. The number of oxime groups is 1. The van der Waals surface area contributed by atoms with Crippen molar-refractivity contribution in [3.05, 3.63) is 65.2 Å². The van der Waals surface area contributed by atoms with Gasteiger partial charge < -0.3 is 15.7 Å². The van der Waals surface area contributed by atoms with E-state index in [1.165, 1.54) is 6.07 Å². The van der Waals surface area contributed by atoms with E-state index < -0.39 is 11.6 Å². The molecule has 4 nitrogen and oxygen atoms in total. The summed E-state index contributed by atoms with van der Waals surface area (Å²) >= 11 is 0. The quantitative estimate of drug-likeness (QED) is 0.391. The molecule has 0 saturated carbocycles. The predicted octanol–water partition coefficient (Wildman–Crippen LogP) is 2.64. The van der Waals surface area contributed by atoms with Crippen molar-refractivity contribution in [1.29, 1.82) is 0 Å². The molecule has 104 valence electrons. The van der Waals surface area contributed by atoms with Crippen molar-refractivity contribution >= 4 is 5.84 Å². The summed E-state index contributed by atoms with van der Waals surface area (Å²) in [7, 11) is 0. The number of hydrogen-bond acceptors (Lipinski definition) is 3. The molecular weight excluding hydrogens is 266 g/mol. The Kier molecular flexibility index (Phi) is 4.14. The maximum Gasteiger partial charge on any atom is 0.170 e. The maximum absolute atomic E-state index is 13.0. The van der Waals surface area contributed by atoms with Crippen molar-refractivity contribution in [2.45, 2.75) is 6.61 Å². The smallest absolute Gasteiger partial charge is 0.170 e. The van der Waals surface area contributed by atoms with Gasteiger partial charge >= 0.3 is 0 Å². The lowest BCUT2D eigenvalue weighted by Gasteiger charge is -2.10. The van der Waals surface area contributed by atoms with Crippen molar-refractivity contribution in [2.75, 3.05) is 0 Å². The molecule has 0 saturated heterocycles. The van der Waals surface area contributed by atoms with E-state index in [0.29, 0.717) is 11.1 Å². The molecule has 0 bridgehead atoms. The summed E-state index contributed by atoms with van der Waals surface area (Å²) in [6.45, 7) is 0.0808. The Bertz CT molecular complexity index is 645. The van der Waals surface area contributed by atoms with E-state index in [-0.39, 0.29) is 18.2 Å². The molecule has 0 atom stereocenters. The van der Waals surface area contributed by atoms with Crippen LogP contribution in [-0.4, -0.2) is 11.0 Å². The van der Waals surface area contributed by atoms with Crippen LogP contribution < -0.4 is 10.5 Å². The highest BCUT2D eigenvalue weighted by Crippen LogP contribution is 2.18. The highest BCUT2D eigenvalue weighted by atomic mass is 19.2. The maximum atomic E-state index is 13.0. The Morgan fingerprint density at radius 3 is 2.60 bits per heavy atom. The number of rotatable bonds is 4. The van der Waals surface area contributed by atoms with Gasteiger partial charge in [0.15, 0.2) is 17.5 Å². The molecule has 0 aromatic heterocycles. The van der Waals surface area contributed by atoms with Crippen LogP contribution in [0.25, 0.3) is 0 Å². The number of benzene rings is 2. The summed E-state index contributed by atoms with van der Waals surface area (Å²) in [6.07, 6.45) is 0. The molecule has 2 rings (SSSR count). The highest BCUT2D eigenvalue weighted by Gasteiger charge is 2.08. The summed E-state index contributed by atoms with van der Waals surface area (Å²) in [5.41, 5.74) is 6.71. The Balaban J connectivity index is 2.17. The molecule has 2 aromatic rings. The van der Waals surface area contributed by atoms with Crippen molar-refractivity contribution in [3.63, 3.8) is 0 Å². The number of amidine groups is 1. The second-order valence-corrected chi connectivity index (χ2v) is 4.01. The van der Waals surface area contributed by atoms with E-state index in [1.807, 2.05) is 0 Å². The Morgan fingerprint density at radius 1 is 1.15 bits per heavy atom. The Labute approximate surface area is 114 Å². The van der Waals surface area contributed by atoms with Crippen LogP contribution in [-0.2, 0) is 6.61 Å². The summed E-state index contributed by atoms with van der Waals surface area (Å²) in [6, 6.07) is 10.2. The van der Waals surface area contributed by atoms with Gasteiger partial charge in [-0.25, -0.2) is 8.78 Å². The van der Waals surface area contributed by atoms with Crippen LogP contribution in [0.1, 0.15) is 11.1 Å². The molecule has 0 spiro atoms. The van der Waals surface area contributed by atoms with Gasteiger partial charge in [-0.1, -0.05) is 29.4 Å². The molecule has 0 unspecified atom stereocenters. The monoisotopic (exact) mass is 278 g/mol. The minimum Gasteiger partial charge on any atom is -0.489 e. The average molecular weight is 278 g/mol. The topological polar surface area (TPSA) is 67.8 Å². The van der Waals surface area contributed by atoms with Gasteiger partial charge in [-0.3, -0.25) is 0 Å². The lowest BCUT2D eigenvalue weighted by molar-refractivity contribution is 0.302. The fourth-order valence-electron chi connectivity index (χ4n) is 1.68. The molecule has 0 aliphatic rings. The largest absolute Gasteiger partial charge is 0.489 e. The molecule has 6 heteroatoms. The number of ether oxygens (including phenoxy) is 1. The molecule has 0 amide bonds. The van der Waals surface area contributed by atoms with Crippen LogP contribution in [0.15, 0.2) is 47.6 Å². The fraction of sp³-hybridized carbons (Fsp3) is 0.0714. The first-order valence-corrected chi connectivity index (χ1v) is 5.75. The van der Waals surface area contributed by atoms with Crippen LogP contribution in [0.5, 0.6) is 5.75 Å². The lowest BCUT2D eigenvalue weighted by atomic mass is 10.1. The van der Waals surface area contributed by atoms with Gasteiger partial charge in [0.25, 0.3) is 0 Å². The number of nitrogens with zero attached hydrogens (tertiary/aromatic N) is 1. The Morgan fingerprint density at radius 2 is 1.90 bits per heavy atom. The highest BCUT2D eigenvalue weighted by molar-refractivity contribution is 5.98. The molecule has 0 radical (unpaired) electrons. The molecule has 20 heavy (non-hydrogen) atoms. The molecule has 3 N–H and O–H groups in total. The minimum absolute atomic E-state index is 0.0468. The van der Waals surface area contributed by atoms with Crippen LogP contribution in [0.3, 0.4) is 0 Å². The average Bonchev–Trinajstić information content (AvgIpc) is 2.48. The summed E-state index contributed by atoms with van der Waals surface area (Å²) in [5.74, 6) is -1.77. The van der Waals surface area contributed by atoms with Crippen LogP contribution in [0.2, 0.25) is 0 Å². The van der Waals surface area contributed by atoms with Gasteiger partial charge in [-0.05, 0) is 12.1 Å². The SMILES string of the molecule is N/C(=N\O)c1ccccc1COc1ccc(F)c(F)c1. The van der Waals surface area contributed by atoms with Gasteiger partial charge in [0.2, 0.25) is 0 Å². The molecule has 0 fully saturated rings. The molecule has 0 aliphatic heterocycles. The van der Waals surface area contributed by atoms with Gasteiger partial charge in [-0.15, -0.1) is 0 Å². The zero-order chi connectivity index (χ0) is 14.5. The van der Waals surface area contributed by atoms with E-state index >= 15 is 0 Å². The van der Waals surface area contributed by atoms with Crippen molar-refractivity contribution < 1.29 is 18.7 Å². The first-order valence-electron chi connectivity index (χ1n) is 5.75. The van der Waals surface area contributed by atoms with Crippen LogP contribution in [0.4, 0.5) is 8.78 Å². The third kappa shape index (κ3) is 3.03. The summed E-state index contributed by atoms with van der Waals surface area (Å²) in [5, 5.41) is 11.6. The van der Waals surface area contributed by atoms with Gasteiger partial charge in [-0.2, -0.15) is 0 Å². The van der Waals surface area contributed by atoms with Crippen LogP contribution in [0, 0.1) is 11.6 Å². The number of halogens is 2. The molecule has 0 aliphatic carbocycles. The zero-order valence-corrected chi connectivity index (χ0v) is 10.4. The molecule has 2 aromatic carbocycles. The number of hydrogen-bond donors (Lipinski definition) is 2. The normalized spacial score (nSPS) is 11.4. The second-order valence-electron chi connectivity index (χ2n) is 4.01. The van der Waals surface area contributed by atoms with E-state index in [4.69, 9.17) is 15.7 Å². The van der Waals surface area contributed by atoms with E-state index in [9.17, 15) is 8.78 Å². The van der Waals surface area contributed by atoms with Crippen molar-refractivity contribution in [3.8, 4) is 5.75 Å². The first-order chi connectivity index (χ1) is 9.61. The van der Waals surface area contributed by atoms with E-state index in [2.05, 4.69) is 5.16 Å². The predicted molar refractivity (Wildman–Crippen MR) is 69.6 cm³/mol. The van der Waals surface area contributed by atoms with Gasteiger partial charge in [0, 0.05) is 17.2 Å². The summed E-state index contributed by atoms with van der Waals surface area (Å²) in [4.78, 5) is 0. The Hall–Kier alpha value is -2.63. The molecule has 0 heterocycles. The second kappa shape index (κ2) is 6.01. The van der Waals surface area contributed by atoms with E-state index in [0.717, 1.165) is 12.1 Å². The lowest BCUT2D eigenvalue weighted by Crippen LogP contribution is -2.16. The third-order valence-electron chi connectivity index (χ3n) is 2.69. The van der Waals surface area contributed by atoms with Crippen LogP contribution >= 0.6 is 0 Å². The fourth-order valence-corrected chi connectivity index (χ4v) is 1.68. The van der Waals surface area contributed by atoms with Crippen molar-refractivity contribution in [1.82, 2.24) is 0 Å².